The van der Waals surface area contributed by atoms with Crippen molar-refractivity contribution in [2.24, 2.45) is 5.14 Å². The van der Waals surface area contributed by atoms with Crippen LogP contribution in [0.1, 0.15) is 12.5 Å². The van der Waals surface area contributed by atoms with Gasteiger partial charge in [0.1, 0.15) is 0 Å². The Labute approximate surface area is 199 Å². The molecule has 2 heterocycles. The summed E-state index contributed by atoms with van der Waals surface area (Å²) in [5.41, 5.74) is 1.58. The number of thioether (sulfide) groups is 1. The number of hydrogen-bond donors (Lipinski definition) is 2. The number of carbonyl (C=O) groups is 1. The minimum absolute atomic E-state index is 0.0157. The van der Waals surface area contributed by atoms with Crippen LogP contribution in [-0.2, 0) is 21.4 Å². The predicted molar refractivity (Wildman–Crippen MR) is 131 cm³/mol. The molecule has 0 unspecified atom stereocenters. The summed E-state index contributed by atoms with van der Waals surface area (Å²) in [4.78, 5) is 13.8. The summed E-state index contributed by atoms with van der Waals surface area (Å²) >= 11 is 2.89. The summed E-state index contributed by atoms with van der Waals surface area (Å²) in [5, 5.41) is 18.8. The summed E-state index contributed by atoms with van der Waals surface area (Å²) in [7, 11) is -3.79. The number of hydrogen-bond acceptors (Lipinski definition) is 7. The molecule has 11 heteroatoms. The summed E-state index contributed by atoms with van der Waals surface area (Å²) in [6.45, 7) is 2.36. The SMILES string of the molecule is C[C@H](Sc1nnc(-c2cccs2)n1Cc1ccccc1)C(=O)Nc1ccc(S(N)(=O)=O)cc1. The highest BCUT2D eigenvalue weighted by molar-refractivity contribution is 8.00. The van der Waals surface area contributed by atoms with Gasteiger partial charge in [0, 0.05) is 5.69 Å². The molecule has 0 aliphatic rings. The van der Waals surface area contributed by atoms with E-state index in [1.807, 2.05) is 52.4 Å². The van der Waals surface area contributed by atoms with E-state index in [2.05, 4.69) is 15.5 Å². The Morgan fingerprint density at radius 2 is 1.82 bits per heavy atom. The highest BCUT2D eigenvalue weighted by Crippen LogP contribution is 2.30. The standard InChI is InChI=1S/C22H21N5O3S3/c1-15(21(28)24-17-9-11-18(12-10-17)33(23,29)30)32-22-26-25-20(19-8-5-13-31-19)27(22)14-16-6-3-2-4-7-16/h2-13,15H,14H2,1H3,(H,24,28)(H2,23,29,30)/t15-/m0/s1. The van der Waals surface area contributed by atoms with Crippen molar-refractivity contribution in [2.45, 2.75) is 28.8 Å². The lowest BCUT2D eigenvalue weighted by Crippen LogP contribution is -2.23. The molecule has 4 rings (SSSR count). The van der Waals surface area contributed by atoms with Gasteiger partial charge in [-0.1, -0.05) is 48.2 Å². The van der Waals surface area contributed by atoms with Crippen LogP contribution in [0, 0.1) is 0 Å². The molecule has 0 saturated carbocycles. The zero-order valence-corrected chi connectivity index (χ0v) is 20.0. The summed E-state index contributed by atoms with van der Waals surface area (Å²) < 4.78 is 24.8. The van der Waals surface area contributed by atoms with Crippen molar-refractivity contribution in [1.82, 2.24) is 14.8 Å². The van der Waals surface area contributed by atoms with Crippen LogP contribution in [0.3, 0.4) is 0 Å². The van der Waals surface area contributed by atoms with Gasteiger partial charge < -0.3 is 5.32 Å². The fourth-order valence-electron chi connectivity index (χ4n) is 3.06. The van der Waals surface area contributed by atoms with E-state index in [4.69, 9.17) is 5.14 Å². The summed E-state index contributed by atoms with van der Waals surface area (Å²) in [6, 6.07) is 19.7. The van der Waals surface area contributed by atoms with Crippen LogP contribution in [0.5, 0.6) is 0 Å². The highest BCUT2D eigenvalue weighted by atomic mass is 32.2. The van der Waals surface area contributed by atoms with E-state index in [9.17, 15) is 13.2 Å². The first kappa shape index (κ1) is 23.2. The molecule has 0 aliphatic carbocycles. The molecule has 170 valence electrons. The number of rotatable bonds is 8. The first-order valence-electron chi connectivity index (χ1n) is 9.92. The smallest absolute Gasteiger partial charge is 0.238 e. The fourth-order valence-corrected chi connectivity index (χ4v) is 5.14. The molecule has 1 atom stereocenters. The van der Waals surface area contributed by atoms with Crippen LogP contribution in [0.4, 0.5) is 5.69 Å². The third kappa shape index (κ3) is 5.69. The van der Waals surface area contributed by atoms with Gasteiger partial charge in [0.05, 0.1) is 21.6 Å². The van der Waals surface area contributed by atoms with E-state index in [0.717, 1.165) is 16.3 Å². The molecule has 4 aromatic rings. The fraction of sp³-hybridized carbons (Fsp3) is 0.136. The van der Waals surface area contributed by atoms with Gasteiger partial charge in [-0.3, -0.25) is 9.36 Å². The molecule has 0 radical (unpaired) electrons. The second-order valence-corrected chi connectivity index (χ2v) is 11.0. The number of benzene rings is 2. The van der Waals surface area contributed by atoms with Crippen molar-refractivity contribution in [3.8, 4) is 10.7 Å². The molecule has 0 saturated heterocycles. The Balaban J connectivity index is 1.52. The maximum atomic E-state index is 12.8. The number of carbonyl (C=O) groups excluding carboxylic acids is 1. The van der Waals surface area contributed by atoms with Gasteiger partial charge in [-0.25, -0.2) is 13.6 Å². The topological polar surface area (TPSA) is 120 Å². The third-order valence-electron chi connectivity index (χ3n) is 4.74. The Morgan fingerprint density at radius 1 is 1.09 bits per heavy atom. The molecule has 2 aromatic carbocycles. The van der Waals surface area contributed by atoms with Gasteiger partial charge in [-0.15, -0.1) is 21.5 Å². The molecule has 33 heavy (non-hydrogen) atoms. The first-order valence-corrected chi connectivity index (χ1v) is 13.2. The van der Waals surface area contributed by atoms with E-state index in [1.165, 1.54) is 36.0 Å². The lowest BCUT2D eigenvalue weighted by Gasteiger charge is -2.14. The molecule has 0 spiro atoms. The van der Waals surface area contributed by atoms with Gasteiger partial charge in [0.25, 0.3) is 0 Å². The number of nitrogens with one attached hydrogen (secondary N) is 1. The van der Waals surface area contributed by atoms with Crippen molar-refractivity contribution in [3.63, 3.8) is 0 Å². The quantitative estimate of drug-likeness (QED) is 0.356. The Hall–Kier alpha value is -2.99. The number of sulfonamides is 1. The Kier molecular flexibility index (Phi) is 6.94. The van der Waals surface area contributed by atoms with Gasteiger partial charge in [0.2, 0.25) is 15.9 Å². The van der Waals surface area contributed by atoms with Crippen molar-refractivity contribution in [1.29, 1.82) is 0 Å². The van der Waals surface area contributed by atoms with Gasteiger partial charge in [-0.05, 0) is 48.2 Å². The normalized spacial score (nSPS) is 12.4. The molecule has 1 amide bonds. The van der Waals surface area contributed by atoms with Crippen molar-refractivity contribution >= 4 is 44.7 Å². The molecule has 3 N–H and O–H groups in total. The lowest BCUT2D eigenvalue weighted by atomic mass is 10.2. The van der Waals surface area contributed by atoms with Crippen molar-refractivity contribution < 1.29 is 13.2 Å². The lowest BCUT2D eigenvalue weighted by molar-refractivity contribution is -0.115. The van der Waals surface area contributed by atoms with Gasteiger partial charge in [-0.2, -0.15) is 0 Å². The highest BCUT2D eigenvalue weighted by Gasteiger charge is 2.22. The van der Waals surface area contributed by atoms with E-state index in [1.54, 1.807) is 18.3 Å². The summed E-state index contributed by atoms with van der Waals surface area (Å²) in [5.74, 6) is 0.512. The van der Waals surface area contributed by atoms with E-state index in [-0.39, 0.29) is 10.8 Å². The number of nitrogens with two attached hydrogens (primary N) is 1. The molecule has 8 nitrogen and oxygen atoms in total. The molecule has 0 aliphatic heterocycles. The average Bonchev–Trinajstić information content (AvgIpc) is 3.45. The zero-order valence-electron chi connectivity index (χ0n) is 17.6. The van der Waals surface area contributed by atoms with Crippen LogP contribution in [0.15, 0.2) is 82.2 Å². The van der Waals surface area contributed by atoms with Crippen molar-refractivity contribution in [3.05, 3.63) is 77.7 Å². The maximum absolute atomic E-state index is 12.8. The van der Waals surface area contributed by atoms with Gasteiger partial charge >= 0.3 is 0 Å². The van der Waals surface area contributed by atoms with E-state index >= 15 is 0 Å². The second-order valence-electron chi connectivity index (χ2n) is 7.17. The molecule has 2 aromatic heterocycles. The van der Waals surface area contributed by atoms with Crippen LogP contribution in [0.2, 0.25) is 0 Å². The number of thiophene rings is 1. The van der Waals surface area contributed by atoms with Crippen LogP contribution >= 0.6 is 23.1 Å². The molecular formula is C22H21N5O3S3. The number of amides is 1. The number of anilines is 1. The number of aromatic nitrogens is 3. The maximum Gasteiger partial charge on any atom is 0.238 e. The van der Waals surface area contributed by atoms with E-state index in [0.29, 0.717) is 17.4 Å². The van der Waals surface area contributed by atoms with Crippen LogP contribution in [0.25, 0.3) is 10.7 Å². The van der Waals surface area contributed by atoms with E-state index < -0.39 is 15.3 Å². The largest absolute Gasteiger partial charge is 0.325 e. The number of primary sulfonamides is 1. The zero-order chi connectivity index (χ0) is 23.4. The monoisotopic (exact) mass is 499 g/mol. The average molecular weight is 500 g/mol. The molecule has 0 bridgehead atoms. The van der Waals surface area contributed by atoms with Crippen LogP contribution in [-0.4, -0.2) is 34.3 Å². The Morgan fingerprint density at radius 3 is 2.45 bits per heavy atom. The summed E-state index contributed by atoms with van der Waals surface area (Å²) in [6.07, 6.45) is 0. The van der Waals surface area contributed by atoms with Crippen molar-refractivity contribution in [2.75, 3.05) is 5.32 Å². The minimum Gasteiger partial charge on any atom is -0.325 e. The van der Waals surface area contributed by atoms with Gasteiger partial charge in [0.15, 0.2) is 11.0 Å². The second kappa shape index (κ2) is 9.87. The minimum atomic E-state index is -3.79. The third-order valence-corrected chi connectivity index (χ3v) is 7.62. The number of nitrogens with zero attached hydrogens (tertiary/aromatic N) is 3. The first-order chi connectivity index (χ1) is 15.8. The molecular weight excluding hydrogens is 478 g/mol. The molecule has 0 fully saturated rings. The Bertz CT molecular complexity index is 1340. The predicted octanol–water partition coefficient (Wildman–Crippen LogP) is 3.82. The van der Waals surface area contributed by atoms with Crippen LogP contribution < -0.4 is 10.5 Å².